The van der Waals surface area contributed by atoms with Crippen LogP contribution >= 0.6 is 11.6 Å². The molecule has 0 amide bonds. The number of rotatable bonds is 1. The van der Waals surface area contributed by atoms with Gasteiger partial charge in [0.05, 0.1) is 11.0 Å². The molecular formula is C15H11ClN2O2. The summed E-state index contributed by atoms with van der Waals surface area (Å²) in [6, 6.07) is 11.4. The standard InChI is InChI=1S/C15H11ClN2O2/c16-10-3-1-2-9(6-10)15-17-11-7-13-14(8-12(11)18-15)20-5-4-19-13/h1-3,6-8H,4-5H2,(H,17,18). The highest BCUT2D eigenvalue weighted by atomic mass is 35.5. The van der Waals surface area contributed by atoms with Crippen LogP contribution in [0.2, 0.25) is 5.02 Å². The fraction of sp³-hybridized carbons (Fsp3) is 0.133. The monoisotopic (exact) mass is 286 g/mol. The minimum Gasteiger partial charge on any atom is -0.486 e. The maximum absolute atomic E-state index is 6.02. The first kappa shape index (κ1) is 11.6. The summed E-state index contributed by atoms with van der Waals surface area (Å²) in [6.45, 7) is 1.15. The number of imidazole rings is 1. The number of H-pyrrole nitrogens is 1. The molecule has 4 nitrogen and oxygen atoms in total. The van der Waals surface area contributed by atoms with Gasteiger partial charge in [0.15, 0.2) is 11.5 Å². The first-order valence-electron chi connectivity index (χ1n) is 6.35. The predicted octanol–water partition coefficient (Wildman–Crippen LogP) is 3.65. The second-order valence-corrected chi connectivity index (χ2v) is 5.05. The number of aromatic amines is 1. The van der Waals surface area contributed by atoms with Crippen LogP contribution in [0.3, 0.4) is 0 Å². The molecule has 2 aromatic carbocycles. The van der Waals surface area contributed by atoms with Crippen molar-refractivity contribution in [1.82, 2.24) is 9.97 Å². The quantitative estimate of drug-likeness (QED) is 0.743. The van der Waals surface area contributed by atoms with Gasteiger partial charge in [0, 0.05) is 22.7 Å². The number of halogens is 1. The van der Waals surface area contributed by atoms with Crippen LogP contribution in [0.15, 0.2) is 36.4 Å². The molecule has 0 saturated heterocycles. The number of hydrogen-bond acceptors (Lipinski definition) is 3. The zero-order valence-corrected chi connectivity index (χ0v) is 11.3. The minimum absolute atomic E-state index is 0.573. The first-order chi connectivity index (χ1) is 9.79. The van der Waals surface area contributed by atoms with E-state index < -0.39 is 0 Å². The lowest BCUT2D eigenvalue weighted by Gasteiger charge is -2.17. The average molecular weight is 287 g/mol. The van der Waals surface area contributed by atoms with Crippen LogP contribution in [0.4, 0.5) is 0 Å². The van der Waals surface area contributed by atoms with Gasteiger partial charge in [0.25, 0.3) is 0 Å². The Morgan fingerprint density at radius 1 is 1.05 bits per heavy atom. The van der Waals surface area contributed by atoms with Gasteiger partial charge in [-0.3, -0.25) is 0 Å². The molecule has 2 heterocycles. The van der Waals surface area contributed by atoms with E-state index in [1.54, 1.807) is 0 Å². The number of hydrogen-bond donors (Lipinski definition) is 1. The van der Waals surface area contributed by atoms with E-state index in [1.165, 1.54) is 0 Å². The molecule has 0 atom stereocenters. The molecule has 0 fully saturated rings. The highest BCUT2D eigenvalue weighted by molar-refractivity contribution is 6.30. The zero-order valence-electron chi connectivity index (χ0n) is 10.5. The van der Waals surface area contributed by atoms with E-state index in [-0.39, 0.29) is 0 Å². The normalized spacial score (nSPS) is 13.7. The lowest BCUT2D eigenvalue weighted by atomic mass is 10.2. The van der Waals surface area contributed by atoms with Gasteiger partial charge in [-0.25, -0.2) is 4.98 Å². The number of nitrogens with one attached hydrogen (secondary N) is 1. The molecule has 0 saturated carbocycles. The van der Waals surface area contributed by atoms with Crippen molar-refractivity contribution in [2.24, 2.45) is 0 Å². The van der Waals surface area contributed by atoms with Crippen LogP contribution in [0.5, 0.6) is 11.5 Å². The van der Waals surface area contributed by atoms with Crippen LogP contribution in [0.25, 0.3) is 22.4 Å². The second kappa shape index (κ2) is 4.42. The van der Waals surface area contributed by atoms with Gasteiger partial charge in [-0.2, -0.15) is 0 Å². The summed E-state index contributed by atoms with van der Waals surface area (Å²) in [6.07, 6.45) is 0. The molecule has 0 spiro atoms. The largest absolute Gasteiger partial charge is 0.486 e. The van der Waals surface area contributed by atoms with Crippen LogP contribution in [-0.4, -0.2) is 23.2 Å². The number of aromatic nitrogens is 2. The molecule has 1 N–H and O–H groups in total. The third-order valence-electron chi connectivity index (χ3n) is 3.24. The lowest BCUT2D eigenvalue weighted by Crippen LogP contribution is -2.15. The van der Waals surface area contributed by atoms with Gasteiger partial charge in [0.2, 0.25) is 0 Å². The van der Waals surface area contributed by atoms with Gasteiger partial charge in [-0.15, -0.1) is 0 Å². The highest BCUT2D eigenvalue weighted by Gasteiger charge is 2.15. The summed E-state index contributed by atoms with van der Waals surface area (Å²) in [7, 11) is 0. The zero-order chi connectivity index (χ0) is 13.5. The molecule has 5 heteroatoms. The maximum Gasteiger partial charge on any atom is 0.163 e. The van der Waals surface area contributed by atoms with Crippen molar-refractivity contribution in [1.29, 1.82) is 0 Å². The Kier molecular flexibility index (Phi) is 2.57. The van der Waals surface area contributed by atoms with Crippen molar-refractivity contribution in [2.45, 2.75) is 0 Å². The average Bonchev–Trinajstić information content (AvgIpc) is 2.87. The molecule has 0 radical (unpaired) electrons. The van der Waals surface area contributed by atoms with Crippen molar-refractivity contribution in [3.05, 3.63) is 41.4 Å². The minimum atomic E-state index is 0.573. The molecule has 4 rings (SSSR count). The van der Waals surface area contributed by atoms with Crippen LogP contribution < -0.4 is 9.47 Å². The summed E-state index contributed by atoms with van der Waals surface area (Å²) in [5.41, 5.74) is 2.72. The molecule has 0 unspecified atom stereocenters. The van der Waals surface area contributed by atoms with E-state index in [9.17, 15) is 0 Å². The molecule has 0 bridgehead atoms. The number of benzene rings is 2. The summed E-state index contributed by atoms with van der Waals surface area (Å²) < 4.78 is 11.1. The Morgan fingerprint density at radius 3 is 2.65 bits per heavy atom. The fourth-order valence-corrected chi connectivity index (χ4v) is 2.51. The van der Waals surface area contributed by atoms with Crippen LogP contribution in [0, 0.1) is 0 Å². The number of nitrogens with zero attached hydrogens (tertiary/aromatic N) is 1. The molecule has 1 aromatic heterocycles. The predicted molar refractivity (Wildman–Crippen MR) is 77.5 cm³/mol. The summed E-state index contributed by atoms with van der Waals surface area (Å²) in [4.78, 5) is 7.87. The van der Waals surface area contributed by atoms with Crippen LogP contribution in [-0.2, 0) is 0 Å². The molecule has 100 valence electrons. The SMILES string of the molecule is Clc1cccc(-c2nc3cc4c(cc3[nH]2)OCCO4)c1. The lowest BCUT2D eigenvalue weighted by molar-refractivity contribution is 0.172. The van der Waals surface area contributed by atoms with Gasteiger partial charge in [-0.1, -0.05) is 23.7 Å². The van der Waals surface area contributed by atoms with Crippen molar-refractivity contribution in [2.75, 3.05) is 13.2 Å². The molecule has 1 aliphatic rings. The van der Waals surface area contributed by atoms with E-state index in [0.717, 1.165) is 33.9 Å². The van der Waals surface area contributed by atoms with Crippen LogP contribution in [0.1, 0.15) is 0 Å². The first-order valence-corrected chi connectivity index (χ1v) is 6.73. The summed E-state index contributed by atoms with van der Waals surface area (Å²) in [5.74, 6) is 2.28. The molecule has 0 aliphatic carbocycles. The van der Waals surface area contributed by atoms with Crippen molar-refractivity contribution < 1.29 is 9.47 Å². The number of fused-ring (bicyclic) bond motifs is 2. The Morgan fingerprint density at radius 2 is 1.85 bits per heavy atom. The van der Waals surface area contributed by atoms with Crippen molar-refractivity contribution in [3.63, 3.8) is 0 Å². The number of ether oxygens (including phenoxy) is 2. The van der Waals surface area contributed by atoms with Gasteiger partial charge in [0.1, 0.15) is 19.0 Å². The molecule has 20 heavy (non-hydrogen) atoms. The Bertz CT molecular complexity index is 755. The van der Waals surface area contributed by atoms with E-state index in [4.69, 9.17) is 21.1 Å². The summed E-state index contributed by atoms with van der Waals surface area (Å²) >= 11 is 6.02. The Labute approximate surface area is 120 Å². The Balaban J connectivity index is 1.86. The smallest absolute Gasteiger partial charge is 0.163 e. The van der Waals surface area contributed by atoms with E-state index in [0.29, 0.717) is 18.2 Å². The second-order valence-electron chi connectivity index (χ2n) is 4.61. The maximum atomic E-state index is 6.02. The summed E-state index contributed by atoms with van der Waals surface area (Å²) in [5, 5.41) is 0.689. The van der Waals surface area contributed by atoms with E-state index >= 15 is 0 Å². The van der Waals surface area contributed by atoms with E-state index in [2.05, 4.69) is 9.97 Å². The van der Waals surface area contributed by atoms with Crippen molar-refractivity contribution in [3.8, 4) is 22.9 Å². The topological polar surface area (TPSA) is 47.1 Å². The fourth-order valence-electron chi connectivity index (χ4n) is 2.32. The third kappa shape index (κ3) is 1.89. The Hall–Kier alpha value is -2.20. The molecular weight excluding hydrogens is 276 g/mol. The van der Waals surface area contributed by atoms with Crippen molar-refractivity contribution >= 4 is 22.6 Å². The van der Waals surface area contributed by atoms with Gasteiger partial charge in [-0.05, 0) is 12.1 Å². The van der Waals surface area contributed by atoms with Gasteiger partial charge >= 0.3 is 0 Å². The highest BCUT2D eigenvalue weighted by Crippen LogP contribution is 2.34. The molecule has 3 aromatic rings. The van der Waals surface area contributed by atoms with Gasteiger partial charge < -0.3 is 14.5 Å². The third-order valence-corrected chi connectivity index (χ3v) is 3.48. The molecule has 1 aliphatic heterocycles. The van der Waals surface area contributed by atoms with E-state index in [1.807, 2.05) is 36.4 Å².